The molecule has 0 bridgehead atoms. The molecule has 12 nitrogen and oxygen atoms in total. The molecule has 0 atom stereocenters. The van der Waals surface area contributed by atoms with Crippen LogP contribution in [0.5, 0.6) is 0 Å². The van der Waals surface area contributed by atoms with Crippen molar-refractivity contribution in [2.24, 2.45) is 0 Å². The molecule has 0 N–H and O–H groups in total. The van der Waals surface area contributed by atoms with Crippen molar-refractivity contribution in [2.45, 2.75) is 77.0 Å². The van der Waals surface area contributed by atoms with E-state index in [0.29, 0.717) is 25.7 Å². The predicted octanol–water partition coefficient (Wildman–Crippen LogP) is -1.36. The fourth-order valence-corrected chi connectivity index (χ4v) is 2.05. The molecule has 0 radical (unpaired) electrons. The summed E-state index contributed by atoms with van der Waals surface area (Å²) in [4.78, 5) is 81.4. The third-order valence-corrected chi connectivity index (χ3v) is 3.88. The minimum Gasteiger partial charge on any atom is -0.550 e. The number of allylic oxidation sites excluding steroid dienone is 4. The molecule has 0 aliphatic carbocycles. The number of hydrogen-bond acceptors (Lipinski definition) is 12. The van der Waals surface area contributed by atoms with Crippen LogP contribution >= 0.6 is 0 Å². The van der Waals surface area contributed by atoms with Crippen LogP contribution in [0.15, 0.2) is 50.6 Å². The van der Waals surface area contributed by atoms with Crippen molar-refractivity contribution in [3.05, 3.63) is 50.6 Å². The van der Waals surface area contributed by atoms with Gasteiger partial charge in [0.2, 0.25) is 0 Å². The van der Waals surface area contributed by atoms with Gasteiger partial charge in [-0.1, -0.05) is 24.3 Å². The quantitative estimate of drug-likeness (QED) is 0.109. The molecule has 0 unspecified atom stereocenters. The summed E-state index contributed by atoms with van der Waals surface area (Å²) in [6.45, 7) is 13.6. The third-order valence-electron chi connectivity index (χ3n) is 3.88. The topological polar surface area (TPSA) is 229 Å². The molecule has 224 valence electrons. The van der Waals surface area contributed by atoms with Gasteiger partial charge in [0, 0.05) is 75.2 Å². The number of rotatable bonds is 20. The van der Waals surface area contributed by atoms with Crippen molar-refractivity contribution < 1.29 is 85.0 Å². The molecule has 0 aliphatic heterocycles. The molecule has 0 aromatic heterocycles. The van der Waals surface area contributed by atoms with Crippen LogP contribution in [0.4, 0.5) is 0 Å². The number of carboxylic acid groups (broad SMARTS) is 4. The molecule has 0 saturated carbocycles. The van der Waals surface area contributed by atoms with Gasteiger partial charge in [0.15, 0.2) is 0 Å². The fourth-order valence-electron chi connectivity index (χ4n) is 2.05. The van der Waals surface area contributed by atoms with Crippen LogP contribution in [0.2, 0.25) is 0 Å². The molecule has 0 fully saturated rings. The van der Waals surface area contributed by atoms with Gasteiger partial charge in [-0.25, -0.2) is 0 Å². The van der Waals surface area contributed by atoms with E-state index in [1.807, 2.05) is 0 Å². The number of hydrogen-bond donors (Lipinski definition) is 0. The van der Waals surface area contributed by atoms with Gasteiger partial charge in [0.1, 0.15) is 23.1 Å². The Morgan fingerprint density at radius 3 is 0.634 bits per heavy atom. The van der Waals surface area contributed by atoms with Crippen molar-refractivity contribution in [3.63, 3.8) is 0 Å². The summed E-state index contributed by atoms with van der Waals surface area (Å²) in [5.74, 6) is -6.47. The molecular weight excluding hydrogens is 620 g/mol. The molecule has 0 saturated heterocycles. The standard InChI is InChI=1S/4C7H10O3.Zr/c4*1-2-3-4-6(8)5-7(9)10;/h4*2H,1,3-5H2,(H,9,10);/q;;;;+4/p-4. The average Bonchev–Trinajstić information content (AvgIpc) is 2.83. The van der Waals surface area contributed by atoms with Gasteiger partial charge in [-0.05, 0) is 25.7 Å². The van der Waals surface area contributed by atoms with E-state index in [9.17, 15) is 58.8 Å². The molecule has 0 spiro atoms. The first-order valence-corrected chi connectivity index (χ1v) is 12.0. The Hall–Kier alpha value is -3.60. The van der Waals surface area contributed by atoms with Crippen molar-refractivity contribution in [1.29, 1.82) is 0 Å². The van der Waals surface area contributed by atoms with Crippen molar-refractivity contribution >= 4 is 47.0 Å². The van der Waals surface area contributed by atoms with Gasteiger partial charge in [-0.2, -0.15) is 0 Å². The summed E-state index contributed by atoms with van der Waals surface area (Å²) in [5.41, 5.74) is 0. The monoisotopic (exact) mass is 654 g/mol. The molecule has 0 aliphatic rings. The van der Waals surface area contributed by atoms with Crippen LogP contribution < -0.4 is 20.4 Å². The van der Waals surface area contributed by atoms with Gasteiger partial charge in [-0.3, -0.25) is 19.2 Å². The first kappa shape index (κ1) is 47.2. The van der Waals surface area contributed by atoms with E-state index in [2.05, 4.69) is 26.3 Å². The minimum absolute atomic E-state index is 0. The Morgan fingerprint density at radius 1 is 0.390 bits per heavy atom. The van der Waals surface area contributed by atoms with Gasteiger partial charge in [-0.15, -0.1) is 26.3 Å². The summed E-state index contributed by atoms with van der Waals surface area (Å²) >= 11 is 0. The Kier molecular flexibility index (Phi) is 39.6. The third kappa shape index (κ3) is 53.4. The van der Waals surface area contributed by atoms with Crippen molar-refractivity contribution in [1.82, 2.24) is 0 Å². The Labute approximate surface area is 259 Å². The Morgan fingerprint density at radius 2 is 0.537 bits per heavy atom. The van der Waals surface area contributed by atoms with Gasteiger partial charge in [0.05, 0.1) is 0 Å². The van der Waals surface area contributed by atoms with E-state index in [1.165, 1.54) is 0 Å². The van der Waals surface area contributed by atoms with E-state index < -0.39 is 49.6 Å². The second-order valence-electron chi connectivity index (χ2n) is 7.66. The first-order chi connectivity index (χ1) is 18.7. The van der Waals surface area contributed by atoms with Crippen LogP contribution in [0.1, 0.15) is 77.0 Å². The number of carbonyl (C=O) groups excluding carboxylic acids is 8. The molecular formula is C28H36O12Zr. The second-order valence-corrected chi connectivity index (χ2v) is 7.66. The summed E-state index contributed by atoms with van der Waals surface area (Å²) in [6, 6.07) is 0. The fraction of sp³-hybridized carbons (Fsp3) is 0.429. The Bertz CT molecular complexity index is 747. The number of aliphatic carboxylic acids is 4. The second kappa shape index (κ2) is 34.4. The molecule has 0 rings (SSSR count). The molecule has 0 heterocycles. The molecule has 41 heavy (non-hydrogen) atoms. The smallest absolute Gasteiger partial charge is 0.550 e. The number of Topliss-reactive ketones (excluding diaryl/α,β-unsaturated/α-hetero) is 4. The maximum absolute atomic E-state index is 10.5. The minimum atomic E-state index is -1.31. The van der Waals surface area contributed by atoms with E-state index in [1.54, 1.807) is 24.3 Å². The maximum atomic E-state index is 10.5. The molecule has 13 heteroatoms. The maximum Gasteiger partial charge on any atom is 4.00 e. The summed E-state index contributed by atoms with van der Waals surface area (Å²) in [6.07, 6.45) is 7.52. The Balaban J connectivity index is -0.000000139. The van der Waals surface area contributed by atoms with E-state index >= 15 is 0 Å². The van der Waals surface area contributed by atoms with Crippen LogP contribution in [0.3, 0.4) is 0 Å². The van der Waals surface area contributed by atoms with Crippen LogP contribution in [0.25, 0.3) is 0 Å². The van der Waals surface area contributed by atoms with Crippen LogP contribution in [0, 0.1) is 0 Å². The van der Waals surface area contributed by atoms with Gasteiger partial charge >= 0.3 is 26.2 Å². The van der Waals surface area contributed by atoms with Gasteiger partial charge < -0.3 is 39.6 Å². The largest absolute Gasteiger partial charge is 4.00 e. The van der Waals surface area contributed by atoms with E-state index in [4.69, 9.17) is 0 Å². The zero-order valence-electron chi connectivity index (χ0n) is 23.0. The SMILES string of the molecule is C=CCCC(=O)CC(=O)[O-].C=CCCC(=O)CC(=O)[O-].C=CCCC(=O)CC(=O)[O-].C=CCCC(=O)CC(=O)[O-].[Zr+4]. The van der Waals surface area contributed by atoms with Crippen LogP contribution in [-0.2, 0) is 64.6 Å². The summed E-state index contributed by atoms with van der Waals surface area (Å²) in [5, 5.41) is 39.3. The zero-order valence-corrected chi connectivity index (χ0v) is 25.5. The molecule has 0 aromatic rings. The summed E-state index contributed by atoms with van der Waals surface area (Å²) in [7, 11) is 0. The molecule has 0 aromatic carbocycles. The summed E-state index contributed by atoms with van der Waals surface area (Å²) < 4.78 is 0. The van der Waals surface area contributed by atoms with Crippen molar-refractivity contribution in [3.8, 4) is 0 Å². The normalized spacial score (nSPS) is 8.59. The van der Waals surface area contributed by atoms with Crippen molar-refractivity contribution in [2.75, 3.05) is 0 Å². The van der Waals surface area contributed by atoms with E-state index in [-0.39, 0.29) is 75.0 Å². The van der Waals surface area contributed by atoms with Crippen LogP contribution in [-0.4, -0.2) is 47.0 Å². The zero-order chi connectivity index (χ0) is 31.9. The number of carboxylic acids is 4. The van der Waals surface area contributed by atoms with Gasteiger partial charge in [0.25, 0.3) is 0 Å². The van der Waals surface area contributed by atoms with E-state index in [0.717, 1.165) is 0 Å². The predicted molar refractivity (Wildman–Crippen MR) is 136 cm³/mol. The molecule has 0 amide bonds. The first-order valence-electron chi connectivity index (χ1n) is 12.0. The average molecular weight is 656 g/mol. The number of carbonyl (C=O) groups is 8. The number of ketones is 4.